The molecular formula is C48H48N6O12S3. The van der Waals surface area contributed by atoms with Crippen LogP contribution < -0.4 is 0 Å². The Bertz CT molecular complexity index is 2750. The van der Waals surface area contributed by atoms with Crippen LogP contribution in [-0.2, 0) is 19.6 Å². The normalized spacial score (nSPS) is 14.0. The summed E-state index contributed by atoms with van der Waals surface area (Å²) in [7, 11) is 0. The highest BCUT2D eigenvalue weighted by atomic mass is 32.1. The maximum Gasteiger partial charge on any atom is 0.354 e. The van der Waals surface area contributed by atoms with Crippen molar-refractivity contribution in [2.75, 3.05) is 39.3 Å². The molecule has 0 radical (unpaired) electrons. The van der Waals surface area contributed by atoms with Crippen molar-refractivity contribution < 1.29 is 59.4 Å². The third-order valence-electron chi connectivity index (χ3n) is 12.4. The van der Waals surface area contributed by atoms with Crippen molar-refractivity contribution in [3.8, 4) is 31.3 Å². The second kappa shape index (κ2) is 20.5. The van der Waals surface area contributed by atoms with Gasteiger partial charge < -0.3 is 30.6 Å². The van der Waals surface area contributed by atoms with Crippen LogP contribution in [0.25, 0.3) is 31.3 Å². The Morgan fingerprint density at radius 1 is 0.391 bits per heavy atom. The number of carboxylic acid groups (broad SMARTS) is 6. The molecule has 69 heavy (non-hydrogen) atoms. The average molecular weight is 997 g/mol. The van der Waals surface area contributed by atoms with Crippen molar-refractivity contribution in [1.29, 1.82) is 0 Å². The molecule has 7 rings (SSSR count). The zero-order valence-corrected chi connectivity index (χ0v) is 40.8. The Hall–Kier alpha value is -6.75. The monoisotopic (exact) mass is 996 g/mol. The first-order valence-electron chi connectivity index (χ1n) is 21.5. The van der Waals surface area contributed by atoms with Crippen LogP contribution >= 0.6 is 34.0 Å². The Labute approximate surface area is 407 Å². The van der Waals surface area contributed by atoms with Crippen molar-refractivity contribution in [3.05, 3.63) is 119 Å². The summed E-state index contributed by atoms with van der Waals surface area (Å²) in [6.45, 7) is 13.6. The minimum absolute atomic E-state index is 0.153. The minimum atomic E-state index is -1.26. The third-order valence-corrected chi connectivity index (χ3v) is 16.7. The molecule has 18 nitrogen and oxygen atoms in total. The number of carboxylic acids is 6. The van der Waals surface area contributed by atoms with Gasteiger partial charge in [0.25, 0.3) is 0 Å². The van der Waals surface area contributed by atoms with E-state index >= 15 is 0 Å². The molecule has 0 aromatic carbocycles. The number of pyridine rings is 3. The fourth-order valence-electron chi connectivity index (χ4n) is 8.30. The molecule has 1 fully saturated rings. The Balaban J connectivity index is 1.26. The molecule has 0 aliphatic carbocycles. The van der Waals surface area contributed by atoms with Gasteiger partial charge in [0.1, 0.15) is 31.7 Å². The van der Waals surface area contributed by atoms with Gasteiger partial charge in [-0.25, -0.2) is 43.7 Å². The molecular weight excluding hydrogens is 949 g/mol. The Kier molecular flexibility index (Phi) is 14.9. The van der Waals surface area contributed by atoms with Crippen molar-refractivity contribution in [2.45, 2.75) is 61.2 Å². The first-order valence-corrected chi connectivity index (χ1v) is 24.0. The predicted octanol–water partition coefficient (Wildman–Crippen LogP) is 7.92. The minimum Gasteiger partial charge on any atom is -0.477 e. The number of nitrogens with zero attached hydrogens (tertiary/aromatic N) is 6. The zero-order valence-electron chi connectivity index (χ0n) is 38.4. The number of rotatable bonds is 15. The molecule has 0 saturated carbocycles. The summed E-state index contributed by atoms with van der Waals surface area (Å²) < 4.78 is 0. The molecule has 1 aliphatic rings. The number of aromatic nitrogens is 3. The molecule has 360 valence electrons. The van der Waals surface area contributed by atoms with E-state index < -0.39 is 35.8 Å². The van der Waals surface area contributed by atoms with Gasteiger partial charge in [-0.15, -0.1) is 34.0 Å². The van der Waals surface area contributed by atoms with Gasteiger partial charge in [0.05, 0.1) is 17.1 Å². The lowest BCUT2D eigenvalue weighted by Gasteiger charge is -2.26. The molecule has 0 amide bonds. The van der Waals surface area contributed by atoms with Crippen LogP contribution in [-0.4, -0.2) is 135 Å². The van der Waals surface area contributed by atoms with Gasteiger partial charge in [0.2, 0.25) is 0 Å². The number of hydrogen-bond donors (Lipinski definition) is 6. The third kappa shape index (κ3) is 10.9. The lowest BCUT2D eigenvalue weighted by molar-refractivity contribution is 0.0679. The van der Waals surface area contributed by atoms with Crippen LogP contribution in [0, 0.1) is 41.5 Å². The number of thiophene rings is 3. The molecule has 0 atom stereocenters. The van der Waals surface area contributed by atoms with E-state index in [1.54, 1.807) is 59.7 Å². The van der Waals surface area contributed by atoms with E-state index in [1.807, 2.05) is 0 Å². The highest BCUT2D eigenvalue weighted by molar-refractivity contribution is 7.18. The van der Waals surface area contributed by atoms with E-state index in [-0.39, 0.29) is 51.3 Å². The topological polar surface area (TPSA) is 272 Å². The summed E-state index contributed by atoms with van der Waals surface area (Å²) in [6, 6.07) is 9.58. The van der Waals surface area contributed by atoms with Crippen LogP contribution in [0.2, 0.25) is 0 Å². The van der Waals surface area contributed by atoms with Crippen LogP contribution in [0.15, 0.2) is 36.4 Å². The molecule has 21 heteroatoms. The van der Waals surface area contributed by atoms with E-state index in [9.17, 15) is 59.4 Å². The molecule has 0 spiro atoms. The van der Waals surface area contributed by atoms with Crippen LogP contribution in [0.1, 0.15) is 111 Å². The van der Waals surface area contributed by atoms with Gasteiger partial charge in [0.15, 0.2) is 0 Å². The lowest BCUT2D eigenvalue weighted by Crippen LogP contribution is -2.36. The zero-order chi connectivity index (χ0) is 50.2. The molecule has 1 aliphatic heterocycles. The van der Waals surface area contributed by atoms with E-state index in [2.05, 4.69) is 29.7 Å². The van der Waals surface area contributed by atoms with Gasteiger partial charge >= 0.3 is 35.8 Å². The molecule has 6 aromatic rings. The van der Waals surface area contributed by atoms with Crippen molar-refractivity contribution in [3.63, 3.8) is 0 Å². The van der Waals surface area contributed by atoms with Gasteiger partial charge in [-0.05, 0) is 128 Å². The summed E-state index contributed by atoms with van der Waals surface area (Å²) in [6.07, 6.45) is 0. The van der Waals surface area contributed by atoms with Gasteiger partial charge in [-0.2, -0.15) is 0 Å². The molecule has 6 N–H and O–H groups in total. The summed E-state index contributed by atoms with van der Waals surface area (Å²) in [4.78, 5) is 95.5. The smallest absolute Gasteiger partial charge is 0.354 e. The van der Waals surface area contributed by atoms with E-state index in [4.69, 9.17) is 0 Å². The van der Waals surface area contributed by atoms with Gasteiger partial charge in [-0.3, -0.25) is 14.7 Å². The molecule has 1 saturated heterocycles. The maximum atomic E-state index is 12.5. The van der Waals surface area contributed by atoms with Crippen molar-refractivity contribution in [1.82, 2.24) is 29.7 Å². The SMILES string of the molecule is Cc1c(C(=O)O)sc(-c2cc(CN3CCN(Cc4cc(-c5sc(C(=O)O)c(C)c5C)cc(C(=O)O)n4)CCN(Cc4cc(-c5sc(C(=O)O)c(C)c5C)cc(C(=O)O)n4)CC3)nc(C(=O)O)c2)c1C. The first kappa shape index (κ1) is 50.1. The fraction of sp³-hybridized carbons (Fsp3) is 0.312. The standard InChI is InChI=1S/C48H48N6O12S3/c1-22-25(4)40(46(61)62)67-37(22)28-13-31(49-34(16-28)43(55)56)19-52-7-9-53(20-32-14-29(17-35(50-32)44(57)58)38-23(2)26(5)41(68-38)47(63)64)11-12-54(10-8-52)21-33-15-30(18-36(51-33)45(59)60)39-24(3)27(6)42(69-39)48(65)66/h13-18H,7-12,19-21H2,1-6H3,(H,55,56)(H,57,58)(H,59,60)(H,61,62)(H,63,64)(H,65,66). The van der Waals surface area contributed by atoms with Gasteiger partial charge in [-0.1, -0.05) is 0 Å². The number of hydrogen-bond acceptors (Lipinski definition) is 15. The molecule has 0 unspecified atom stereocenters. The van der Waals surface area contributed by atoms with Crippen molar-refractivity contribution in [2.24, 2.45) is 0 Å². The Morgan fingerprint density at radius 2 is 0.623 bits per heavy atom. The number of aromatic carboxylic acids is 6. The number of carbonyl (C=O) groups is 6. The van der Waals surface area contributed by atoms with Crippen LogP contribution in [0.4, 0.5) is 0 Å². The summed E-state index contributed by atoms with van der Waals surface area (Å²) in [5.41, 5.74) is 6.08. The second-order valence-corrected chi connectivity index (χ2v) is 19.9. The highest BCUT2D eigenvalue weighted by Gasteiger charge is 2.26. The molecule has 7 heterocycles. The summed E-state index contributed by atoms with van der Waals surface area (Å²) in [5.74, 6) is -7.01. The second-order valence-electron chi connectivity index (χ2n) is 16.9. The van der Waals surface area contributed by atoms with Crippen LogP contribution in [0.5, 0.6) is 0 Å². The average Bonchev–Trinajstić information content (AvgIpc) is 3.91. The van der Waals surface area contributed by atoms with E-state index in [0.29, 0.717) is 121 Å². The van der Waals surface area contributed by atoms with E-state index in [0.717, 1.165) is 34.0 Å². The quantitative estimate of drug-likeness (QED) is 0.0570. The first-order chi connectivity index (χ1) is 32.6. The predicted molar refractivity (Wildman–Crippen MR) is 259 cm³/mol. The van der Waals surface area contributed by atoms with Crippen LogP contribution in [0.3, 0.4) is 0 Å². The Morgan fingerprint density at radius 3 is 0.812 bits per heavy atom. The molecule has 6 aromatic heterocycles. The molecule has 0 bridgehead atoms. The highest BCUT2D eigenvalue weighted by Crippen LogP contribution is 2.39. The summed E-state index contributed by atoms with van der Waals surface area (Å²) in [5, 5.41) is 60.0. The van der Waals surface area contributed by atoms with E-state index in [1.165, 1.54) is 18.2 Å². The lowest BCUT2D eigenvalue weighted by atomic mass is 10.1. The summed E-state index contributed by atoms with van der Waals surface area (Å²) >= 11 is 3.19. The van der Waals surface area contributed by atoms with Crippen molar-refractivity contribution >= 4 is 69.8 Å². The van der Waals surface area contributed by atoms with Gasteiger partial charge in [0, 0.05) is 73.5 Å². The maximum absolute atomic E-state index is 12.5. The fourth-order valence-corrected chi connectivity index (χ4v) is 11.7. The largest absolute Gasteiger partial charge is 0.477 e.